The van der Waals surface area contributed by atoms with E-state index in [0.717, 1.165) is 28.0 Å². The van der Waals surface area contributed by atoms with Crippen molar-refractivity contribution in [2.45, 2.75) is 0 Å². The summed E-state index contributed by atoms with van der Waals surface area (Å²) in [7, 11) is 0. The van der Waals surface area contributed by atoms with E-state index in [-0.39, 0.29) is 0 Å². The van der Waals surface area contributed by atoms with Crippen LogP contribution < -0.4 is 5.73 Å². The Morgan fingerprint density at radius 3 is 1.64 bits per heavy atom. The van der Waals surface area contributed by atoms with Crippen molar-refractivity contribution in [2.24, 2.45) is 10.2 Å². The fraction of sp³-hybridized carbons (Fsp3) is 0. The molecule has 0 bridgehead atoms. The second-order valence-electron chi connectivity index (χ2n) is 7.39. The first-order valence-corrected chi connectivity index (χ1v) is 10.5. The summed E-state index contributed by atoms with van der Waals surface area (Å²) >= 11 is 0. The number of nitrogens with zero attached hydrogens (tertiary/aromatic N) is 3. The van der Waals surface area contributed by atoms with Crippen LogP contribution in [-0.4, -0.2) is 0 Å². The molecule has 0 aliphatic heterocycles. The van der Waals surface area contributed by atoms with Crippen molar-refractivity contribution >= 4 is 29.2 Å². The van der Waals surface area contributed by atoms with Gasteiger partial charge in [-0.1, -0.05) is 84.9 Å². The van der Waals surface area contributed by atoms with Gasteiger partial charge in [0.2, 0.25) is 0 Å². The molecular formula is C29H22N4. The molecule has 0 aliphatic carbocycles. The molecule has 33 heavy (non-hydrogen) atoms. The molecule has 0 saturated carbocycles. The zero-order chi connectivity index (χ0) is 22.9. The van der Waals surface area contributed by atoms with Crippen LogP contribution >= 0.6 is 0 Å². The minimum absolute atomic E-state index is 0.594. The lowest BCUT2D eigenvalue weighted by atomic mass is 10.1. The molecule has 4 nitrogen and oxygen atoms in total. The van der Waals surface area contributed by atoms with Gasteiger partial charge in [-0.15, -0.1) is 10.2 Å². The smallest absolute Gasteiger partial charge is 0.0991 e. The van der Waals surface area contributed by atoms with Crippen LogP contribution in [0.3, 0.4) is 0 Å². The van der Waals surface area contributed by atoms with Crippen molar-refractivity contribution in [1.29, 1.82) is 5.26 Å². The van der Waals surface area contributed by atoms with Gasteiger partial charge in [-0.05, 0) is 47.5 Å². The quantitative estimate of drug-likeness (QED) is 0.200. The molecular weight excluding hydrogens is 404 g/mol. The molecule has 4 aromatic carbocycles. The number of nitrogens with two attached hydrogens (primary N) is 1. The monoisotopic (exact) mass is 426 g/mol. The van der Waals surface area contributed by atoms with Gasteiger partial charge in [0.1, 0.15) is 0 Å². The summed E-state index contributed by atoms with van der Waals surface area (Å²) in [5.41, 5.74) is 12.4. The van der Waals surface area contributed by atoms with Gasteiger partial charge in [0.05, 0.1) is 23.0 Å². The van der Waals surface area contributed by atoms with Gasteiger partial charge in [0.25, 0.3) is 0 Å². The molecule has 4 aromatic rings. The van der Waals surface area contributed by atoms with E-state index in [1.807, 2.05) is 109 Å². The van der Waals surface area contributed by atoms with Crippen molar-refractivity contribution in [2.75, 3.05) is 5.73 Å². The summed E-state index contributed by atoms with van der Waals surface area (Å²) in [6.45, 7) is 0. The van der Waals surface area contributed by atoms with Crippen molar-refractivity contribution in [3.05, 3.63) is 137 Å². The Balaban J connectivity index is 1.78. The fourth-order valence-corrected chi connectivity index (χ4v) is 3.23. The Morgan fingerprint density at radius 1 is 0.606 bits per heavy atom. The standard InChI is InChI=1S/C29H22N4/c30-21-24-11-15-26(16-12-24)29(20-23-13-17-27(31)18-14-23)33-32-28(25-9-5-2-6-10-25)19-22-7-3-1-4-8-22/h1-20H,31H2. The summed E-state index contributed by atoms with van der Waals surface area (Å²) in [4.78, 5) is 0. The summed E-state index contributed by atoms with van der Waals surface area (Å²) < 4.78 is 0. The Bertz CT molecular complexity index is 1330. The maximum Gasteiger partial charge on any atom is 0.0991 e. The number of rotatable bonds is 6. The van der Waals surface area contributed by atoms with Crippen LogP contribution in [0.2, 0.25) is 0 Å². The highest BCUT2D eigenvalue weighted by molar-refractivity contribution is 5.83. The molecule has 158 valence electrons. The Kier molecular flexibility index (Phi) is 6.85. The maximum atomic E-state index is 9.14. The Hall–Kier alpha value is -4.75. The predicted molar refractivity (Wildman–Crippen MR) is 135 cm³/mol. The predicted octanol–water partition coefficient (Wildman–Crippen LogP) is 7.29. The van der Waals surface area contributed by atoms with Crippen molar-refractivity contribution in [3.63, 3.8) is 0 Å². The van der Waals surface area contributed by atoms with Crippen LogP contribution in [0.4, 0.5) is 5.69 Å². The number of nitriles is 1. The molecule has 0 radical (unpaired) electrons. The zero-order valence-electron chi connectivity index (χ0n) is 18.0. The van der Waals surface area contributed by atoms with Crippen LogP contribution in [0.5, 0.6) is 0 Å². The molecule has 0 unspecified atom stereocenters. The highest BCUT2D eigenvalue weighted by atomic mass is 15.1. The Labute approximate surface area is 193 Å². The van der Waals surface area contributed by atoms with E-state index in [1.54, 1.807) is 12.1 Å². The van der Waals surface area contributed by atoms with Gasteiger partial charge < -0.3 is 5.73 Å². The molecule has 0 aromatic heterocycles. The molecule has 4 heteroatoms. The summed E-state index contributed by atoms with van der Waals surface area (Å²) in [6, 6.07) is 37.0. The van der Waals surface area contributed by atoms with E-state index in [9.17, 15) is 0 Å². The van der Waals surface area contributed by atoms with E-state index in [0.29, 0.717) is 16.9 Å². The number of benzene rings is 4. The molecule has 0 amide bonds. The molecule has 0 fully saturated rings. The van der Waals surface area contributed by atoms with Gasteiger partial charge in [0.15, 0.2) is 0 Å². The van der Waals surface area contributed by atoms with Gasteiger partial charge in [-0.2, -0.15) is 5.26 Å². The first-order chi connectivity index (χ1) is 16.2. The lowest BCUT2D eigenvalue weighted by Gasteiger charge is -2.05. The number of nitrogen functional groups attached to an aromatic ring is 1. The first-order valence-electron chi connectivity index (χ1n) is 10.5. The van der Waals surface area contributed by atoms with Crippen LogP contribution in [0.25, 0.3) is 23.5 Å². The average molecular weight is 427 g/mol. The number of anilines is 1. The van der Waals surface area contributed by atoms with Gasteiger partial charge in [-0.25, -0.2) is 0 Å². The SMILES string of the molecule is N#Cc1ccc(C(=Cc2ccc(N)cc2)N=NC(=Cc2ccccc2)c2ccccc2)cc1. The molecule has 0 aliphatic rings. The van der Waals surface area contributed by atoms with Crippen molar-refractivity contribution in [1.82, 2.24) is 0 Å². The Morgan fingerprint density at radius 2 is 1.09 bits per heavy atom. The average Bonchev–Trinajstić information content (AvgIpc) is 2.88. The number of azo groups is 1. The van der Waals surface area contributed by atoms with Gasteiger partial charge >= 0.3 is 0 Å². The highest BCUT2D eigenvalue weighted by Gasteiger charge is 2.05. The molecule has 0 spiro atoms. The molecule has 0 heterocycles. The first kappa shape index (κ1) is 21.5. The minimum atomic E-state index is 0.594. The summed E-state index contributed by atoms with van der Waals surface area (Å²) in [5.74, 6) is 0. The van der Waals surface area contributed by atoms with E-state index in [2.05, 4.69) is 16.3 Å². The fourth-order valence-electron chi connectivity index (χ4n) is 3.23. The third-order valence-corrected chi connectivity index (χ3v) is 4.99. The highest BCUT2D eigenvalue weighted by Crippen LogP contribution is 2.25. The molecule has 2 N–H and O–H groups in total. The lowest BCUT2D eigenvalue weighted by molar-refractivity contribution is 1.25. The number of hydrogen-bond donors (Lipinski definition) is 1. The van der Waals surface area contributed by atoms with Crippen molar-refractivity contribution in [3.8, 4) is 6.07 Å². The second-order valence-corrected chi connectivity index (χ2v) is 7.39. The summed E-state index contributed by atoms with van der Waals surface area (Å²) in [5, 5.41) is 18.4. The third kappa shape index (κ3) is 5.90. The van der Waals surface area contributed by atoms with E-state index in [4.69, 9.17) is 11.0 Å². The molecule has 4 rings (SSSR count). The van der Waals surface area contributed by atoms with Crippen molar-refractivity contribution < 1.29 is 0 Å². The van der Waals surface area contributed by atoms with E-state index < -0.39 is 0 Å². The molecule has 0 atom stereocenters. The van der Waals surface area contributed by atoms with E-state index >= 15 is 0 Å². The minimum Gasteiger partial charge on any atom is -0.399 e. The second kappa shape index (κ2) is 10.5. The van der Waals surface area contributed by atoms with E-state index in [1.165, 1.54) is 0 Å². The zero-order valence-corrected chi connectivity index (χ0v) is 18.0. The topological polar surface area (TPSA) is 74.5 Å². The third-order valence-electron chi connectivity index (χ3n) is 4.99. The van der Waals surface area contributed by atoms with Crippen LogP contribution in [0, 0.1) is 11.3 Å². The maximum absolute atomic E-state index is 9.14. The van der Waals surface area contributed by atoms with Crippen LogP contribution in [0.1, 0.15) is 27.8 Å². The number of hydrogen-bond acceptors (Lipinski definition) is 4. The largest absolute Gasteiger partial charge is 0.399 e. The normalized spacial score (nSPS) is 12.0. The van der Waals surface area contributed by atoms with Gasteiger partial charge in [-0.3, -0.25) is 0 Å². The van der Waals surface area contributed by atoms with Gasteiger partial charge in [0, 0.05) is 16.8 Å². The summed E-state index contributed by atoms with van der Waals surface area (Å²) in [6.07, 6.45) is 3.97. The molecule has 0 saturated heterocycles. The van der Waals surface area contributed by atoms with Crippen LogP contribution in [-0.2, 0) is 0 Å². The lowest BCUT2D eigenvalue weighted by Crippen LogP contribution is -1.86. The van der Waals surface area contributed by atoms with Crippen LogP contribution in [0.15, 0.2) is 119 Å².